The van der Waals surface area contributed by atoms with E-state index in [2.05, 4.69) is 59.7 Å². The number of ether oxygens (including phenoxy) is 1. The number of hydrogen-bond acceptors (Lipinski definition) is 2. The molecule has 5 heteroatoms. The molecule has 4 aromatic rings. The first kappa shape index (κ1) is 19.2. The van der Waals surface area contributed by atoms with E-state index >= 15 is 0 Å². The third-order valence-corrected chi connectivity index (χ3v) is 6.03. The van der Waals surface area contributed by atoms with Crippen molar-refractivity contribution in [1.82, 2.24) is 9.88 Å². The van der Waals surface area contributed by atoms with Gasteiger partial charge >= 0.3 is 6.03 Å². The molecular weight excluding hydrogens is 386 g/mol. The molecule has 5 rings (SSSR count). The van der Waals surface area contributed by atoms with Crippen molar-refractivity contribution in [3.8, 4) is 5.75 Å². The Hall–Kier alpha value is -3.73. The van der Waals surface area contributed by atoms with Crippen LogP contribution in [0.3, 0.4) is 0 Å². The number of hydrogen-bond donors (Lipinski definition) is 2. The largest absolute Gasteiger partial charge is 0.497 e. The van der Waals surface area contributed by atoms with Gasteiger partial charge in [0, 0.05) is 28.8 Å². The number of carbonyl (C=O) groups is 1. The van der Waals surface area contributed by atoms with Crippen molar-refractivity contribution in [3.05, 3.63) is 95.2 Å². The number of benzene rings is 3. The van der Waals surface area contributed by atoms with E-state index in [0.29, 0.717) is 6.54 Å². The highest BCUT2D eigenvalue weighted by atomic mass is 16.5. The molecule has 156 valence electrons. The van der Waals surface area contributed by atoms with Crippen molar-refractivity contribution in [1.29, 1.82) is 0 Å². The monoisotopic (exact) mass is 411 g/mol. The average molecular weight is 412 g/mol. The standard InChI is InChI=1S/C26H25N3O2/c1-17-7-9-18(10-8-17)25-24-22(21-5-3-4-6-23(21)28-24)15-16-29(25)26(30)27-19-11-13-20(31-2)14-12-19/h3-14,25,28H,15-16H2,1-2H3,(H,27,30)/t25-/m1/s1. The normalized spacial score (nSPS) is 15.5. The number of aryl methyl sites for hydroxylation is 1. The molecule has 31 heavy (non-hydrogen) atoms. The third-order valence-electron chi connectivity index (χ3n) is 6.03. The second-order valence-corrected chi connectivity index (χ2v) is 7.98. The molecule has 2 N–H and O–H groups in total. The predicted molar refractivity (Wildman–Crippen MR) is 124 cm³/mol. The molecule has 0 saturated carbocycles. The van der Waals surface area contributed by atoms with Gasteiger partial charge < -0.3 is 19.9 Å². The smallest absolute Gasteiger partial charge is 0.322 e. The van der Waals surface area contributed by atoms with E-state index in [-0.39, 0.29) is 12.1 Å². The van der Waals surface area contributed by atoms with Crippen LogP contribution in [0, 0.1) is 6.92 Å². The zero-order chi connectivity index (χ0) is 21.4. The molecule has 0 fully saturated rings. The number of aromatic nitrogens is 1. The first-order chi connectivity index (χ1) is 15.1. The first-order valence-electron chi connectivity index (χ1n) is 10.5. The van der Waals surface area contributed by atoms with Crippen LogP contribution in [0.2, 0.25) is 0 Å². The molecule has 3 aromatic carbocycles. The van der Waals surface area contributed by atoms with Crippen molar-refractivity contribution >= 4 is 22.6 Å². The summed E-state index contributed by atoms with van der Waals surface area (Å²) in [5, 5.41) is 4.30. The number of amides is 2. The number of anilines is 1. The van der Waals surface area contributed by atoms with Gasteiger partial charge in [-0.1, -0.05) is 48.0 Å². The molecule has 5 nitrogen and oxygen atoms in total. The number of carbonyl (C=O) groups excluding carboxylic acids is 1. The number of fused-ring (bicyclic) bond motifs is 3. The number of rotatable bonds is 3. The van der Waals surface area contributed by atoms with Gasteiger partial charge in [-0.05, 0) is 54.8 Å². The minimum atomic E-state index is -0.171. The lowest BCUT2D eigenvalue weighted by Crippen LogP contribution is -2.43. The summed E-state index contributed by atoms with van der Waals surface area (Å²) < 4.78 is 5.22. The molecule has 1 aliphatic rings. The fourth-order valence-electron chi connectivity index (χ4n) is 4.42. The molecule has 0 aliphatic carbocycles. The number of nitrogens with one attached hydrogen (secondary N) is 2. The summed E-state index contributed by atoms with van der Waals surface area (Å²) in [5.41, 5.74) is 6.56. The fourth-order valence-corrected chi connectivity index (χ4v) is 4.42. The zero-order valence-corrected chi connectivity index (χ0v) is 17.7. The molecule has 1 aliphatic heterocycles. The summed E-state index contributed by atoms with van der Waals surface area (Å²) in [6.45, 7) is 2.72. The van der Waals surface area contributed by atoms with E-state index in [0.717, 1.165) is 34.6 Å². The molecule has 1 aromatic heterocycles. The van der Waals surface area contributed by atoms with Crippen LogP contribution in [0.25, 0.3) is 10.9 Å². The second kappa shape index (κ2) is 7.84. The van der Waals surface area contributed by atoms with Gasteiger partial charge in [-0.3, -0.25) is 0 Å². The summed E-state index contributed by atoms with van der Waals surface area (Å²) in [6, 6.07) is 23.9. The van der Waals surface area contributed by atoms with Gasteiger partial charge in [-0.15, -0.1) is 0 Å². The van der Waals surface area contributed by atoms with Crippen LogP contribution in [0.5, 0.6) is 5.75 Å². The molecule has 0 unspecified atom stereocenters. The van der Waals surface area contributed by atoms with Crippen molar-refractivity contribution in [2.24, 2.45) is 0 Å². The molecule has 0 bridgehead atoms. The lowest BCUT2D eigenvalue weighted by Gasteiger charge is -2.36. The van der Waals surface area contributed by atoms with Gasteiger partial charge in [-0.25, -0.2) is 4.79 Å². The summed E-state index contributed by atoms with van der Waals surface area (Å²) in [4.78, 5) is 18.9. The van der Waals surface area contributed by atoms with Crippen molar-refractivity contribution in [3.63, 3.8) is 0 Å². The third kappa shape index (κ3) is 3.52. The maximum absolute atomic E-state index is 13.4. The van der Waals surface area contributed by atoms with Crippen LogP contribution < -0.4 is 10.1 Å². The van der Waals surface area contributed by atoms with Gasteiger partial charge in [-0.2, -0.15) is 0 Å². The summed E-state index contributed by atoms with van der Waals surface area (Å²) in [5.74, 6) is 0.760. The van der Waals surface area contributed by atoms with E-state index in [9.17, 15) is 4.79 Å². The van der Waals surface area contributed by atoms with E-state index in [1.165, 1.54) is 16.5 Å². The second-order valence-electron chi connectivity index (χ2n) is 7.98. The van der Waals surface area contributed by atoms with Crippen molar-refractivity contribution in [2.75, 3.05) is 19.0 Å². The quantitative estimate of drug-likeness (QED) is 0.457. The molecule has 1 atom stereocenters. The number of methoxy groups -OCH3 is 1. The fraction of sp³-hybridized carbons (Fsp3) is 0.192. The van der Waals surface area contributed by atoms with E-state index in [1.54, 1.807) is 7.11 Å². The van der Waals surface area contributed by atoms with Crippen LogP contribution in [0.4, 0.5) is 10.5 Å². The Kier molecular flexibility index (Phi) is 4.86. The van der Waals surface area contributed by atoms with Crippen molar-refractivity contribution in [2.45, 2.75) is 19.4 Å². The lowest BCUT2D eigenvalue weighted by atomic mass is 9.92. The molecular formula is C26H25N3O2. The summed E-state index contributed by atoms with van der Waals surface area (Å²) in [7, 11) is 1.63. The summed E-state index contributed by atoms with van der Waals surface area (Å²) in [6.07, 6.45) is 0.817. The number of para-hydroxylation sites is 1. The van der Waals surface area contributed by atoms with Crippen LogP contribution in [-0.2, 0) is 6.42 Å². The van der Waals surface area contributed by atoms with E-state index < -0.39 is 0 Å². The Morgan fingerprint density at radius 1 is 1.03 bits per heavy atom. The average Bonchev–Trinajstić information content (AvgIpc) is 3.18. The van der Waals surface area contributed by atoms with E-state index in [4.69, 9.17) is 4.74 Å². The topological polar surface area (TPSA) is 57.4 Å². The van der Waals surface area contributed by atoms with Gasteiger partial charge in [0.15, 0.2) is 0 Å². The Labute approximate surface area is 181 Å². The maximum Gasteiger partial charge on any atom is 0.322 e. The molecule has 0 radical (unpaired) electrons. The molecule has 0 spiro atoms. The lowest BCUT2D eigenvalue weighted by molar-refractivity contribution is 0.193. The number of nitrogens with zero attached hydrogens (tertiary/aromatic N) is 1. The highest BCUT2D eigenvalue weighted by molar-refractivity contribution is 5.91. The number of H-pyrrole nitrogens is 1. The minimum absolute atomic E-state index is 0.111. The van der Waals surface area contributed by atoms with Gasteiger partial charge in [0.1, 0.15) is 5.75 Å². The Bertz CT molecular complexity index is 1230. The van der Waals surface area contributed by atoms with Crippen molar-refractivity contribution < 1.29 is 9.53 Å². The zero-order valence-electron chi connectivity index (χ0n) is 17.7. The number of urea groups is 1. The van der Waals surface area contributed by atoms with Crippen LogP contribution in [-0.4, -0.2) is 29.6 Å². The maximum atomic E-state index is 13.4. The van der Waals surface area contributed by atoms with Crippen LogP contribution >= 0.6 is 0 Å². The predicted octanol–water partition coefficient (Wildman–Crippen LogP) is 5.66. The minimum Gasteiger partial charge on any atom is -0.497 e. The van der Waals surface area contributed by atoms with Gasteiger partial charge in [0.05, 0.1) is 13.2 Å². The van der Waals surface area contributed by atoms with E-state index in [1.807, 2.05) is 35.2 Å². The first-order valence-corrected chi connectivity index (χ1v) is 10.5. The molecule has 2 heterocycles. The van der Waals surface area contributed by atoms with Crippen LogP contribution in [0.15, 0.2) is 72.8 Å². The Morgan fingerprint density at radius 3 is 2.52 bits per heavy atom. The van der Waals surface area contributed by atoms with Gasteiger partial charge in [0.2, 0.25) is 0 Å². The molecule has 0 saturated heterocycles. The highest BCUT2D eigenvalue weighted by Crippen LogP contribution is 2.38. The SMILES string of the molecule is COc1ccc(NC(=O)N2CCc3c([nH]c4ccccc34)[C@H]2c2ccc(C)cc2)cc1. The van der Waals surface area contributed by atoms with Gasteiger partial charge in [0.25, 0.3) is 0 Å². The Balaban J connectivity index is 1.53. The van der Waals surface area contributed by atoms with Crippen LogP contribution in [0.1, 0.15) is 28.4 Å². The highest BCUT2D eigenvalue weighted by Gasteiger charge is 2.34. The Morgan fingerprint density at radius 2 is 1.77 bits per heavy atom. The molecule has 2 amide bonds. The summed E-state index contributed by atoms with van der Waals surface area (Å²) >= 11 is 0. The number of aromatic amines is 1.